The van der Waals surface area contributed by atoms with Crippen molar-refractivity contribution in [2.45, 2.75) is 59.0 Å². The van der Waals surface area contributed by atoms with Crippen molar-refractivity contribution in [1.82, 2.24) is 5.32 Å². The monoisotopic (exact) mass is 347 g/mol. The Hall–Kier alpha value is -1.49. The molecule has 5 heteroatoms. The summed E-state index contributed by atoms with van der Waals surface area (Å²) in [5.41, 5.74) is 8.45. The molecular weight excluding hydrogens is 318 g/mol. The first-order chi connectivity index (χ1) is 11.3. The Balaban J connectivity index is 2.21. The number of thioether (sulfide) groups is 1. The minimum Gasteiger partial charge on any atom is -0.379 e. The van der Waals surface area contributed by atoms with Gasteiger partial charge in [-0.1, -0.05) is 44.2 Å². The van der Waals surface area contributed by atoms with Crippen LogP contribution in [0.2, 0.25) is 0 Å². The molecule has 0 fully saturated rings. The van der Waals surface area contributed by atoms with Crippen LogP contribution in [-0.2, 0) is 5.54 Å². The molecule has 0 aromatic heterocycles. The van der Waals surface area contributed by atoms with Gasteiger partial charge in [0.05, 0.1) is 5.54 Å². The maximum absolute atomic E-state index is 12.6. The standard InChI is InChI=1S/C19H29N3OS/c1-6-12(2)14(4)21-17(23)16-8-7-15(11-13(16)3)19(5)9-10-24-18(20)22-19/h7-8,11-12,14H,6,9-10H2,1-5H3,(H2,20,22)(H,21,23)/t12?,14-,19?/m0/s1. The lowest BCUT2D eigenvalue weighted by Gasteiger charge is -2.30. The summed E-state index contributed by atoms with van der Waals surface area (Å²) in [6.07, 6.45) is 2.00. The van der Waals surface area contributed by atoms with Gasteiger partial charge in [0.25, 0.3) is 5.91 Å². The molecule has 3 N–H and O–H groups in total. The maximum Gasteiger partial charge on any atom is 0.251 e. The SMILES string of the molecule is CCC(C)[C@H](C)NC(=O)c1ccc(C2(C)CCSC(N)=N2)cc1C. The predicted molar refractivity (Wildman–Crippen MR) is 104 cm³/mol. The average Bonchev–Trinajstić information content (AvgIpc) is 2.53. The Morgan fingerprint density at radius 3 is 2.75 bits per heavy atom. The minimum absolute atomic E-state index is 0.000724. The van der Waals surface area contributed by atoms with Gasteiger partial charge < -0.3 is 11.1 Å². The van der Waals surface area contributed by atoms with E-state index in [1.54, 1.807) is 11.8 Å². The molecule has 2 unspecified atom stereocenters. The lowest BCUT2D eigenvalue weighted by Crippen LogP contribution is -2.37. The second-order valence-corrected chi connectivity index (χ2v) is 8.11. The second-order valence-electron chi connectivity index (χ2n) is 7.00. The summed E-state index contributed by atoms with van der Waals surface area (Å²) in [5.74, 6) is 1.43. The van der Waals surface area contributed by atoms with Crippen molar-refractivity contribution in [3.8, 4) is 0 Å². The van der Waals surface area contributed by atoms with Gasteiger partial charge in [0.2, 0.25) is 0 Å². The molecule has 1 aliphatic heterocycles. The van der Waals surface area contributed by atoms with E-state index in [1.807, 2.05) is 19.1 Å². The van der Waals surface area contributed by atoms with Gasteiger partial charge in [0.15, 0.2) is 5.17 Å². The van der Waals surface area contributed by atoms with Gasteiger partial charge in [-0.3, -0.25) is 9.79 Å². The van der Waals surface area contributed by atoms with E-state index in [1.165, 1.54) is 0 Å². The number of nitrogens with one attached hydrogen (secondary N) is 1. The van der Waals surface area contributed by atoms with Crippen LogP contribution in [0, 0.1) is 12.8 Å². The van der Waals surface area contributed by atoms with E-state index in [2.05, 4.69) is 44.1 Å². The third-order valence-corrected chi connectivity index (χ3v) is 5.94. The molecule has 0 aliphatic carbocycles. The van der Waals surface area contributed by atoms with Crippen LogP contribution in [0.25, 0.3) is 0 Å². The number of hydrogen-bond acceptors (Lipinski definition) is 4. The molecule has 0 saturated carbocycles. The number of rotatable bonds is 5. The fourth-order valence-electron chi connectivity index (χ4n) is 2.93. The van der Waals surface area contributed by atoms with Crippen LogP contribution < -0.4 is 11.1 Å². The quantitative estimate of drug-likeness (QED) is 0.851. The first-order valence-corrected chi connectivity index (χ1v) is 9.65. The Morgan fingerprint density at radius 2 is 2.17 bits per heavy atom. The van der Waals surface area contributed by atoms with Gasteiger partial charge >= 0.3 is 0 Å². The Bertz CT molecular complexity index is 643. The Labute approximate surface area is 149 Å². The normalized spacial score (nSPS) is 23.3. The van der Waals surface area contributed by atoms with E-state index in [4.69, 9.17) is 5.73 Å². The summed E-state index contributed by atoms with van der Waals surface area (Å²) in [6, 6.07) is 6.18. The number of benzene rings is 1. The number of amidine groups is 1. The summed E-state index contributed by atoms with van der Waals surface area (Å²) in [5, 5.41) is 3.76. The van der Waals surface area contributed by atoms with Gasteiger partial charge in [0, 0.05) is 17.4 Å². The lowest BCUT2D eigenvalue weighted by atomic mass is 9.87. The van der Waals surface area contributed by atoms with Crippen molar-refractivity contribution in [2.24, 2.45) is 16.6 Å². The third-order valence-electron chi connectivity index (χ3n) is 5.14. The highest BCUT2D eigenvalue weighted by atomic mass is 32.2. The van der Waals surface area contributed by atoms with Crippen molar-refractivity contribution in [2.75, 3.05) is 5.75 Å². The van der Waals surface area contributed by atoms with Crippen LogP contribution in [0.5, 0.6) is 0 Å². The fraction of sp³-hybridized carbons (Fsp3) is 0.579. The van der Waals surface area contributed by atoms with Gasteiger partial charge in [-0.2, -0.15) is 0 Å². The molecule has 2 rings (SSSR count). The Kier molecular flexibility index (Phi) is 5.97. The number of aliphatic imine (C=N–C) groups is 1. The van der Waals surface area contributed by atoms with Crippen LogP contribution in [-0.4, -0.2) is 22.9 Å². The minimum atomic E-state index is -0.293. The van der Waals surface area contributed by atoms with E-state index in [-0.39, 0.29) is 17.5 Å². The maximum atomic E-state index is 12.6. The molecule has 1 aromatic carbocycles. The second kappa shape index (κ2) is 7.60. The molecule has 1 aromatic rings. The van der Waals surface area contributed by atoms with E-state index in [0.29, 0.717) is 11.1 Å². The van der Waals surface area contributed by atoms with Crippen molar-refractivity contribution >= 4 is 22.8 Å². The first kappa shape index (κ1) is 18.8. The Morgan fingerprint density at radius 1 is 1.46 bits per heavy atom. The highest BCUT2D eigenvalue weighted by Crippen LogP contribution is 2.35. The summed E-state index contributed by atoms with van der Waals surface area (Å²) < 4.78 is 0. The zero-order valence-corrected chi connectivity index (χ0v) is 16.2. The number of carbonyl (C=O) groups excluding carboxylic acids is 1. The van der Waals surface area contributed by atoms with Gasteiger partial charge in [-0.15, -0.1) is 0 Å². The largest absolute Gasteiger partial charge is 0.379 e. The summed E-state index contributed by atoms with van der Waals surface area (Å²) in [4.78, 5) is 17.2. The zero-order chi connectivity index (χ0) is 17.9. The topological polar surface area (TPSA) is 67.5 Å². The number of amides is 1. The van der Waals surface area contributed by atoms with E-state index >= 15 is 0 Å². The van der Waals surface area contributed by atoms with Crippen LogP contribution in [0.4, 0.5) is 0 Å². The molecular formula is C19H29N3OS. The molecule has 0 radical (unpaired) electrons. The molecule has 1 amide bonds. The van der Waals surface area contributed by atoms with Crippen molar-refractivity contribution in [3.05, 3.63) is 34.9 Å². The zero-order valence-electron chi connectivity index (χ0n) is 15.3. The molecule has 1 aliphatic rings. The molecule has 0 bridgehead atoms. The van der Waals surface area contributed by atoms with Gasteiger partial charge in [-0.05, 0) is 50.3 Å². The molecule has 24 heavy (non-hydrogen) atoms. The van der Waals surface area contributed by atoms with Gasteiger partial charge in [-0.25, -0.2) is 0 Å². The van der Waals surface area contributed by atoms with E-state index in [0.717, 1.165) is 35.3 Å². The summed E-state index contributed by atoms with van der Waals surface area (Å²) in [6.45, 7) is 10.5. The third kappa shape index (κ3) is 4.12. The highest BCUT2D eigenvalue weighted by Gasteiger charge is 2.30. The molecule has 132 valence electrons. The highest BCUT2D eigenvalue weighted by molar-refractivity contribution is 8.13. The molecule has 0 spiro atoms. The predicted octanol–water partition coefficient (Wildman–Crippen LogP) is 3.83. The number of nitrogens with zero attached hydrogens (tertiary/aromatic N) is 1. The molecule has 1 heterocycles. The smallest absolute Gasteiger partial charge is 0.251 e. The van der Waals surface area contributed by atoms with Crippen LogP contribution in [0.15, 0.2) is 23.2 Å². The molecule has 4 nitrogen and oxygen atoms in total. The summed E-state index contributed by atoms with van der Waals surface area (Å²) >= 11 is 1.60. The van der Waals surface area contributed by atoms with Gasteiger partial charge in [0.1, 0.15) is 0 Å². The molecule has 3 atom stereocenters. The van der Waals surface area contributed by atoms with Crippen molar-refractivity contribution in [3.63, 3.8) is 0 Å². The fourth-order valence-corrected chi connectivity index (χ4v) is 3.90. The average molecular weight is 348 g/mol. The van der Waals surface area contributed by atoms with E-state index in [9.17, 15) is 4.79 Å². The van der Waals surface area contributed by atoms with Crippen LogP contribution >= 0.6 is 11.8 Å². The number of aryl methyl sites for hydroxylation is 1. The van der Waals surface area contributed by atoms with Crippen molar-refractivity contribution < 1.29 is 4.79 Å². The molecule has 0 saturated heterocycles. The van der Waals surface area contributed by atoms with Crippen LogP contribution in [0.3, 0.4) is 0 Å². The number of carbonyl (C=O) groups is 1. The van der Waals surface area contributed by atoms with Crippen molar-refractivity contribution in [1.29, 1.82) is 0 Å². The first-order valence-electron chi connectivity index (χ1n) is 8.67. The lowest BCUT2D eigenvalue weighted by molar-refractivity contribution is 0.0927. The summed E-state index contributed by atoms with van der Waals surface area (Å²) in [7, 11) is 0. The number of nitrogens with two attached hydrogens (primary N) is 1. The number of hydrogen-bond donors (Lipinski definition) is 2. The van der Waals surface area contributed by atoms with E-state index < -0.39 is 0 Å². The van der Waals surface area contributed by atoms with Crippen LogP contribution in [0.1, 0.15) is 62.0 Å².